The van der Waals surface area contributed by atoms with E-state index >= 15 is 0 Å². The first-order valence-corrected chi connectivity index (χ1v) is 6.43. The summed E-state index contributed by atoms with van der Waals surface area (Å²) in [5.74, 6) is 0.00602. The van der Waals surface area contributed by atoms with Crippen LogP contribution in [-0.4, -0.2) is 18.6 Å². The first-order valence-electron chi connectivity index (χ1n) is 6.43. The van der Waals surface area contributed by atoms with E-state index in [1.165, 1.54) is 0 Å². The molecule has 2 rings (SSSR count). The summed E-state index contributed by atoms with van der Waals surface area (Å²) in [5, 5.41) is 2.88. The van der Waals surface area contributed by atoms with E-state index in [4.69, 9.17) is 10.5 Å². The highest BCUT2D eigenvalue weighted by atomic mass is 16.5. The fraction of sp³-hybridized carbons (Fsp3) is 0.500. The number of carbonyl (C=O) groups is 1. The van der Waals surface area contributed by atoms with E-state index in [0.29, 0.717) is 12.1 Å². The van der Waals surface area contributed by atoms with Gasteiger partial charge in [-0.25, -0.2) is 0 Å². The Morgan fingerprint density at radius 1 is 1.56 bits per heavy atom. The van der Waals surface area contributed by atoms with Crippen molar-refractivity contribution >= 4 is 17.3 Å². The molecule has 0 saturated carbocycles. The molecule has 0 bridgehead atoms. The van der Waals surface area contributed by atoms with Gasteiger partial charge < -0.3 is 15.8 Å². The van der Waals surface area contributed by atoms with Crippen LogP contribution in [0.2, 0.25) is 0 Å². The van der Waals surface area contributed by atoms with Crippen LogP contribution >= 0.6 is 0 Å². The highest BCUT2D eigenvalue weighted by Gasteiger charge is 2.17. The topological polar surface area (TPSA) is 64.3 Å². The molecule has 1 aromatic rings. The molecule has 3 N–H and O–H groups in total. The van der Waals surface area contributed by atoms with E-state index in [1.807, 2.05) is 19.1 Å². The predicted molar refractivity (Wildman–Crippen MR) is 72.4 cm³/mol. The second kappa shape index (κ2) is 5.87. The molecular weight excluding hydrogens is 228 g/mol. The number of para-hydroxylation sites is 1. The van der Waals surface area contributed by atoms with Gasteiger partial charge in [0.2, 0.25) is 5.91 Å². The molecule has 1 aliphatic rings. The monoisotopic (exact) mass is 248 g/mol. The zero-order valence-corrected chi connectivity index (χ0v) is 10.7. The lowest BCUT2D eigenvalue weighted by atomic mass is 10.1. The molecule has 1 atom stereocenters. The highest BCUT2D eigenvalue weighted by molar-refractivity contribution is 5.94. The maximum Gasteiger partial charge on any atom is 0.224 e. The van der Waals surface area contributed by atoms with Crippen molar-refractivity contribution in [3.8, 4) is 0 Å². The Labute approximate surface area is 108 Å². The molecule has 0 spiro atoms. The molecule has 4 heteroatoms. The number of hydrogen-bond donors (Lipinski definition) is 2. The van der Waals surface area contributed by atoms with Crippen LogP contribution in [0.25, 0.3) is 0 Å². The summed E-state index contributed by atoms with van der Waals surface area (Å²) in [6, 6.07) is 5.61. The van der Waals surface area contributed by atoms with Gasteiger partial charge in [0.25, 0.3) is 0 Å². The molecule has 1 fully saturated rings. The lowest BCUT2D eigenvalue weighted by Gasteiger charge is -2.12. The van der Waals surface area contributed by atoms with Crippen molar-refractivity contribution in [1.82, 2.24) is 0 Å². The number of benzene rings is 1. The van der Waals surface area contributed by atoms with E-state index in [0.717, 1.165) is 37.1 Å². The number of nitrogens with two attached hydrogens (primary N) is 1. The summed E-state index contributed by atoms with van der Waals surface area (Å²) < 4.78 is 5.50. The van der Waals surface area contributed by atoms with Crippen molar-refractivity contribution in [2.24, 2.45) is 0 Å². The van der Waals surface area contributed by atoms with Crippen LogP contribution in [0, 0.1) is 6.92 Å². The van der Waals surface area contributed by atoms with Gasteiger partial charge in [-0.1, -0.05) is 12.1 Å². The quantitative estimate of drug-likeness (QED) is 0.804. The van der Waals surface area contributed by atoms with E-state index in [-0.39, 0.29) is 12.0 Å². The third-order valence-electron chi connectivity index (χ3n) is 3.29. The number of nitrogen functional groups attached to an aromatic ring is 1. The summed E-state index contributed by atoms with van der Waals surface area (Å²) in [6.45, 7) is 2.77. The third kappa shape index (κ3) is 3.23. The first kappa shape index (κ1) is 12.9. The number of nitrogens with one attached hydrogen (secondary N) is 1. The van der Waals surface area contributed by atoms with E-state index in [2.05, 4.69) is 5.32 Å². The average molecular weight is 248 g/mol. The summed E-state index contributed by atoms with van der Waals surface area (Å²) >= 11 is 0. The molecule has 0 aromatic heterocycles. The lowest BCUT2D eigenvalue weighted by Crippen LogP contribution is -2.16. The molecule has 4 nitrogen and oxygen atoms in total. The van der Waals surface area contributed by atoms with Crippen LogP contribution in [0.3, 0.4) is 0 Å². The maximum atomic E-state index is 11.9. The van der Waals surface area contributed by atoms with E-state index in [1.54, 1.807) is 6.07 Å². The zero-order chi connectivity index (χ0) is 13.0. The molecular formula is C14H20N2O2. The molecule has 0 radical (unpaired) electrons. The Bertz CT molecular complexity index is 406. The van der Waals surface area contributed by atoms with Crippen LogP contribution in [0.5, 0.6) is 0 Å². The Morgan fingerprint density at radius 2 is 2.39 bits per heavy atom. The van der Waals surface area contributed by atoms with E-state index in [9.17, 15) is 4.79 Å². The molecule has 1 aromatic carbocycles. The Hall–Kier alpha value is -1.55. The Kier molecular flexibility index (Phi) is 4.20. The first-order chi connectivity index (χ1) is 8.66. The summed E-state index contributed by atoms with van der Waals surface area (Å²) in [4.78, 5) is 11.9. The smallest absolute Gasteiger partial charge is 0.224 e. The van der Waals surface area contributed by atoms with Gasteiger partial charge in [0, 0.05) is 13.0 Å². The minimum atomic E-state index is 0.00602. The second-order valence-electron chi connectivity index (χ2n) is 4.76. The van der Waals surface area contributed by atoms with Gasteiger partial charge in [0.1, 0.15) is 0 Å². The van der Waals surface area contributed by atoms with E-state index < -0.39 is 0 Å². The highest BCUT2D eigenvalue weighted by Crippen LogP contribution is 2.23. The fourth-order valence-corrected chi connectivity index (χ4v) is 2.23. The van der Waals surface area contributed by atoms with Crippen molar-refractivity contribution in [2.45, 2.75) is 38.7 Å². The fourth-order valence-electron chi connectivity index (χ4n) is 2.23. The molecule has 1 aliphatic heterocycles. The number of rotatable bonds is 4. The van der Waals surface area contributed by atoms with Crippen LogP contribution in [0.1, 0.15) is 31.2 Å². The number of ether oxygens (including phenoxy) is 1. The minimum Gasteiger partial charge on any atom is -0.397 e. The zero-order valence-electron chi connectivity index (χ0n) is 10.7. The van der Waals surface area contributed by atoms with Gasteiger partial charge >= 0.3 is 0 Å². The second-order valence-corrected chi connectivity index (χ2v) is 4.76. The van der Waals surface area contributed by atoms with Crippen molar-refractivity contribution in [3.05, 3.63) is 23.8 Å². The predicted octanol–water partition coefficient (Wildman–Crippen LogP) is 2.47. The molecule has 1 heterocycles. The largest absolute Gasteiger partial charge is 0.397 e. The SMILES string of the molecule is Cc1cccc(N)c1NC(=O)CCC1CCCO1. The standard InChI is InChI=1S/C14H20N2O2/c1-10-4-2-6-12(15)14(10)16-13(17)8-7-11-5-3-9-18-11/h2,4,6,11H,3,5,7-9,15H2,1H3,(H,16,17). The number of aryl methyl sites for hydroxylation is 1. The maximum absolute atomic E-state index is 11.9. The molecule has 98 valence electrons. The minimum absolute atomic E-state index is 0.00602. The number of anilines is 2. The van der Waals surface area contributed by atoms with Crippen molar-refractivity contribution in [2.75, 3.05) is 17.7 Å². The van der Waals surface area contributed by atoms with Crippen LogP contribution in [0.4, 0.5) is 11.4 Å². The van der Waals surface area contributed by atoms with Gasteiger partial charge in [0.15, 0.2) is 0 Å². The number of hydrogen-bond acceptors (Lipinski definition) is 3. The van der Waals surface area contributed by atoms with Crippen molar-refractivity contribution < 1.29 is 9.53 Å². The number of carbonyl (C=O) groups excluding carboxylic acids is 1. The summed E-state index contributed by atoms with van der Waals surface area (Å²) in [5.41, 5.74) is 8.18. The summed E-state index contributed by atoms with van der Waals surface area (Å²) in [6.07, 6.45) is 3.71. The van der Waals surface area contributed by atoms with Gasteiger partial charge in [-0.2, -0.15) is 0 Å². The van der Waals surface area contributed by atoms with Gasteiger partial charge in [-0.3, -0.25) is 4.79 Å². The van der Waals surface area contributed by atoms with Crippen LogP contribution < -0.4 is 11.1 Å². The average Bonchev–Trinajstić information content (AvgIpc) is 2.84. The van der Waals surface area contributed by atoms with Crippen LogP contribution in [0.15, 0.2) is 18.2 Å². The van der Waals surface area contributed by atoms with Crippen molar-refractivity contribution in [1.29, 1.82) is 0 Å². The third-order valence-corrected chi connectivity index (χ3v) is 3.29. The van der Waals surface area contributed by atoms with Gasteiger partial charge in [0.05, 0.1) is 17.5 Å². The summed E-state index contributed by atoms with van der Waals surface area (Å²) in [7, 11) is 0. The molecule has 1 amide bonds. The Balaban J connectivity index is 1.86. The van der Waals surface area contributed by atoms with Gasteiger partial charge in [-0.15, -0.1) is 0 Å². The molecule has 18 heavy (non-hydrogen) atoms. The van der Waals surface area contributed by atoms with Crippen molar-refractivity contribution in [3.63, 3.8) is 0 Å². The Morgan fingerprint density at radius 3 is 3.06 bits per heavy atom. The van der Waals surface area contributed by atoms with Crippen LogP contribution in [-0.2, 0) is 9.53 Å². The molecule has 1 unspecified atom stereocenters. The molecule has 0 aliphatic carbocycles. The normalized spacial score (nSPS) is 18.8. The molecule has 1 saturated heterocycles. The number of amides is 1. The van der Waals surface area contributed by atoms with Gasteiger partial charge in [-0.05, 0) is 37.8 Å². The lowest BCUT2D eigenvalue weighted by molar-refractivity contribution is -0.116.